The van der Waals surface area contributed by atoms with Gasteiger partial charge < -0.3 is 14.4 Å². The van der Waals surface area contributed by atoms with Gasteiger partial charge in [-0.05, 0) is 31.4 Å². The lowest BCUT2D eigenvalue weighted by Gasteiger charge is -2.24. The highest BCUT2D eigenvalue weighted by atomic mass is 32.1. The van der Waals surface area contributed by atoms with Gasteiger partial charge in [-0.25, -0.2) is 0 Å². The Morgan fingerprint density at radius 2 is 2.22 bits per heavy atom. The van der Waals surface area contributed by atoms with Crippen LogP contribution in [0.15, 0.2) is 23.7 Å². The zero-order valence-corrected chi connectivity index (χ0v) is 14.2. The van der Waals surface area contributed by atoms with Crippen molar-refractivity contribution in [3.05, 3.63) is 34.3 Å². The molecule has 23 heavy (non-hydrogen) atoms. The van der Waals surface area contributed by atoms with Crippen molar-refractivity contribution in [2.45, 2.75) is 33.0 Å². The summed E-state index contributed by atoms with van der Waals surface area (Å²) >= 11 is 1.42. The zero-order chi connectivity index (χ0) is 16.2. The highest BCUT2D eigenvalue weighted by Gasteiger charge is 2.28. The number of amides is 1. The minimum Gasteiger partial charge on any atom is -0.492 e. The molecule has 0 fully saturated rings. The van der Waals surface area contributed by atoms with Crippen LogP contribution in [-0.4, -0.2) is 46.5 Å². The fraction of sp³-hybridized carbons (Fsp3) is 0.500. The van der Waals surface area contributed by atoms with Crippen LogP contribution in [0.25, 0.3) is 0 Å². The van der Waals surface area contributed by atoms with Gasteiger partial charge in [-0.15, -0.1) is 11.3 Å². The predicted molar refractivity (Wildman–Crippen MR) is 87.9 cm³/mol. The van der Waals surface area contributed by atoms with Gasteiger partial charge in [-0.1, -0.05) is 0 Å². The first-order chi connectivity index (χ1) is 11.2. The summed E-state index contributed by atoms with van der Waals surface area (Å²) in [6.45, 7) is 6.81. The van der Waals surface area contributed by atoms with Crippen LogP contribution in [0.2, 0.25) is 0 Å². The van der Waals surface area contributed by atoms with Crippen molar-refractivity contribution in [3.8, 4) is 5.75 Å². The number of hydrogen-bond acceptors (Lipinski definition) is 5. The Hall–Kier alpha value is -1.86. The average Bonchev–Trinajstić information content (AvgIpc) is 3.13. The minimum atomic E-state index is -0.0550. The summed E-state index contributed by atoms with van der Waals surface area (Å²) in [6, 6.07) is 3.80. The van der Waals surface area contributed by atoms with Crippen molar-refractivity contribution in [3.63, 3.8) is 0 Å². The lowest BCUT2D eigenvalue weighted by Crippen LogP contribution is -2.37. The van der Waals surface area contributed by atoms with Crippen molar-refractivity contribution in [1.29, 1.82) is 0 Å². The van der Waals surface area contributed by atoms with E-state index in [4.69, 9.17) is 9.47 Å². The topological polar surface area (TPSA) is 56.6 Å². The molecule has 2 aromatic heterocycles. The van der Waals surface area contributed by atoms with Gasteiger partial charge in [-0.2, -0.15) is 5.10 Å². The van der Waals surface area contributed by atoms with Crippen LogP contribution < -0.4 is 4.74 Å². The first kappa shape index (κ1) is 16.0. The molecule has 7 heteroatoms. The van der Waals surface area contributed by atoms with E-state index in [0.29, 0.717) is 43.5 Å². The molecular formula is C16H21N3O3S. The summed E-state index contributed by atoms with van der Waals surface area (Å²) in [7, 11) is 0. The summed E-state index contributed by atoms with van der Waals surface area (Å²) in [5.74, 6) is 0.649. The Balaban J connectivity index is 1.85. The van der Waals surface area contributed by atoms with E-state index in [1.807, 2.05) is 40.9 Å². The number of carbonyl (C=O) groups excluding carboxylic acids is 1. The predicted octanol–water partition coefficient (Wildman–Crippen LogP) is 2.40. The van der Waals surface area contributed by atoms with E-state index in [9.17, 15) is 4.79 Å². The van der Waals surface area contributed by atoms with E-state index >= 15 is 0 Å². The van der Waals surface area contributed by atoms with Crippen LogP contribution in [0.1, 0.15) is 29.2 Å². The van der Waals surface area contributed by atoms with E-state index in [-0.39, 0.29) is 12.0 Å². The quantitative estimate of drug-likeness (QED) is 0.842. The van der Waals surface area contributed by atoms with E-state index in [0.717, 1.165) is 5.69 Å². The molecule has 1 aliphatic rings. The molecule has 0 saturated heterocycles. The molecule has 0 aromatic carbocycles. The SMILES string of the molecule is CCOc1ccsc1C(=O)N1Cc2ccnn2C[C@H](OCC)C1. The Morgan fingerprint density at radius 1 is 1.35 bits per heavy atom. The second-order valence-electron chi connectivity index (χ2n) is 5.31. The Kier molecular flexibility index (Phi) is 4.97. The number of ether oxygens (including phenoxy) is 2. The Morgan fingerprint density at radius 3 is 3.00 bits per heavy atom. The van der Waals surface area contributed by atoms with Crippen LogP contribution in [0, 0.1) is 0 Å². The number of thiophene rings is 1. The van der Waals surface area contributed by atoms with Crippen molar-refractivity contribution in [2.24, 2.45) is 0 Å². The molecular weight excluding hydrogens is 314 g/mol. The first-order valence-electron chi connectivity index (χ1n) is 7.84. The van der Waals surface area contributed by atoms with Crippen LogP contribution in [0.4, 0.5) is 0 Å². The number of carbonyl (C=O) groups is 1. The molecule has 0 saturated carbocycles. The highest BCUT2D eigenvalue weighted by Crippen LogP contribution is 2.28. The minimum absolute atomic E-state index is 0.0113. The molecule has 6 nitrogen and oxygen atoms in total. The largest absolute Gasteiger partial charge is 0.492 e. The third kappa shape index (κ3) is 3.40. The maximum atomic E-state index is 13.0. The third-order valence-corrected chi connectivity index (χ3v) is 4.65. The van der Waals surface area contributed by atoms with Crippen molar-refractivity contribution < 1.29 is 14.3 Å². The van der Waals surface area contributed by atoms with Crippen molar-refractivity contribution in [1.82, 2.24) is 14.7 Å². The number of nitrogens with zero attached hydrogens (tertiary/aromatic N) is 3. The molecule has 0 spiro atoms. The molecule has 3 heterocycles. The summed E-state index contributed by atoms with van der Waals surface area (Å²) in [5, 5.41) is 6.22. The van der Waals surface area contributed by atoms with E-state index < -0.39 is 0 Å². The monoisotopic (exact) mass is 335 g/mol. The van der Waals surface area contributed by atoms with Gasteiger partial charge in [0.1, 0.15) is 10.6 Å². The molecule has 1 amide bonds. The molecule has 0 radical (unpaired) electrons. The summed E-state index contributed by atoms with van der Waals surface area (Å²) in [6.07, 6.45) is 1.71. The fourth-order valence-electron chi connectivity index (χ4n) is 2.78. The van der Waals surface area contributed by atoms with Gasteiger partial charge in [0.15, 0.2) is 0 Å². The molecule has 2 aromatic rings. The van der Waals surface area contributed by atoms with Gasteiger partial charge in [-0.3, -0.25) is 9.48 Å². The molecule has 0 aliphatic carbocycles. The van der Waals surface area contributed by atoms with Gasteiger partial charge in [0.25, 0.3) is 5.91 Å². The maximum absolute atomic E-state index is 13.0. The van der Waals surface area contributed by atoms with Crippen LogP contribution in [-0.2, 0) is 17.8 Å². The summed E-state index contributed by atoms with van der Waals surface area (Å²) < 4.78 is 13.3. The fourth-order valence-corrected chi connectivity index (χ4v) is 3.58. The lowest BCUT2D eigenvalue weighted by atomic mass is 10.3. The molecule has 124 valence electrons. The molecule has 3 rings (SSSR count). The van der Waals surface area contributed by atoms with E-state index in [1.165, 1.54) is 11.3 Å². The van der Waals surface area contributed by atoms with Gasteiger partial charge >= 0.3 is 0 Å². The van der Waals surface area contributed by atoms with Crippen molar-refractivity contribution in [2.75, 3.05) is 19.8 Å². The Labute approximate surface area is 139 Å². The second kappa shape index (κ2) is 7.14. The highest BCUT2D eigenvalue weighted by molar-refractivity contribution is 7.12. The standard InChI is InChI=1S/C16H21N3O3S/c1-3-21-13-10-18(9-12-5-7-17-19(12)11-13)16(20)15-14(22-4-2)6-8-23-15/h5-8,13H,3-4,9-11H2,1-2H3/t13-/m1/s1. The number of hydrogen-bond donors (Lipinski definition) is 0. The number of fused-ring (bicyclic) bond motifs is 1. The third-order valence-electron chi connectivity index (χ3n) is 3.77. The average molecular weight is 335 g/mol. The van der Waals surface area contributed by atoms with Gasteiger partial charge in [0, 0.05) is 19.3 Å². The molecule has 0 N–H and O–H groups in total. The normalized spacial score (nSPS) is 17.7. The number of aromatic nitrogens is 2. The lowest BCUT2D eigenvalue weighted by molar-refractivity contribution is 0.0246. The molecule has 1 aliphatic heterocycles. The second-order valence-corrected chi connectivity index (χ2v) is 6.23. The zero-order valence-electron chi connectivity index (χ0n) is 13.4. The van der Waals surface area contributed by atoms with E-state index in [2.05, 4.69) is 5.10 Å². The van der Waals surface area contributed by atoms with Crippen molar-refractivity contribution >= 4 is 17.2 Å². The summed E-state index contributed by atoms with van der Waals surface area (Å²) in [5.41, 5.74) is 1.02. The maximum Gasteiger partial charge on any atom is 0.268 e. The van der Waals surface area contributed by atoms with Gasteiger partial charge in [0.05, 0.1) is 31.5 Å². The molecule has 0 bridgehead atoms. The smallest absolute Gasteiger partial charge is 0.268 e. The van der Waals surface area contributed by atoms with Gasteiger partial charge in [0.2, 0.25) is 0 Å². The van der Waals surface area contributed by atoms with Crippen LogP contribution >= 0.6 is 11.3 Å². The van der Waals surface area contributed by atoms with Crippen LogP contribution in [0.3, 0.4) is 0 Å². The van der Waals surface area contributed by atoms with Crippen LogP contribution in [0.5, 0.6) is 5.75 Å². The Bertz CT molecular complexity index is 667. The molecule has 0 unspecified atom stereocenters. The number of rotatable bonds is 5. The summed E-state index contributed by atoms with van der Waals surface area (Å²) in [4.78, 5) is 15.4. The first-order valence-corrected chi connectivity index (χ1v) is 8.72. The van der Waals surface area contributed by atoms with E-state index in [1.54, 1.807) is 6.20 Å². The molecule has 1 atom stereocenters.